The van der Waals surface area contributed by atoms with E-state index in [1.165, 1.54) is 5.56 Å². The standard InChI is InChI=1S/C10H16N2/c1-8(2)12-7-9-3-5-10(11)6-4-9/h3-6,8,12H,7,11H2,1-2H3. The van der Waals surface area contributed by atoms with Gasteiger partial charge in [0.15, 0.2) is 0 Å². The normalized spacial score (nSPS) is 10.6. The first-order chi connectivity index (χ1) is 5.68. The van der Waals surface area contributed by atoms with E-state index in [0.717, 1.165) is 12.2 Å². The predicted octanol–water partition coefficient (Wildman–Crippen LogP) is 1.77. The molecule has 0 saturated heterocycles. The van der Waals surface area contributed by atoms with Crippen LogP contribution < -0.4 is 11.1 Å². The van der Waals surface area contributed by atoms with E-state index >= 15 is 0 Å². The average Bonchev–Trinajstić information content (AvgIpc) is 2.03. The highest BCUT2D eigenvalue weighted by Gasteiger charge is 1.93. The van der Waals surface area contributed by atoms with Crippen LogP contribution in [-0.4, -0.2) is 6.04 Å². The van der Waals surface area contributed by atoms with E-state index in [1.54, 1.807) is 0 Å². The van der Waals surface area contributed by atoms with Crippen molar-refractivity contribution in [2.24, 2.45) is 0 Å². The lowest BCUT2D eigenvalue weighted by molar-refractivity contribution is 0.589. The third-order valence-electron chi connectivity index (χ3n) is 1.69. The number of nitrogens with one attached hydrogen (secondary N) is 1. The third kappa shape index (κ3) is 2.93. The molecule has 12 heavy (non-hydrogen) atoms. The van der Waals surface area contributed by atoms with Gasteiger partial charge in [0.1, 0.15) is 0 Å². The van der Waals surface area contributed by atoms with Crippen molar-refractivity contribution in [2.75, 3.05) is 5.73 Å². The van der Waals surface area contributed by atoms with Crippen molar-refractivity contribution in [3.05, 3.63) is 29.8 Å². The topological polar surface area (TPSA) is 38.0 Å². The minimum absolute atomic E-state index is 0.530. The van der Waals surface area contributed by atoms with Crippen LogP contribution >= 0.6 is 0 Å². The van der Waals surface area contributed by atoms with Gasteiger partial charge in [0.25, 0.3) is 0 Å². The summed E-state index contributed by atoms with van der Waals surface area (Å²) in [6.45, 7) is 5.19. The van der Waals surface area contributed by atoms with Crippen LogP contribution in [0.5, 0.6) is 0 Å². The van der Waals surface area contributed by atoms with Gasteiger partial charge in [0.05, 0.1) is 0 Å². The van der Waals surface area contributed by atoms with Crippen LogP contribution in [0.25, 0.3) is 0 Å². The van der Waals surface area contributed by atoms with Gasteiger partial charge in [0, 0.05) is 18.3 Å². The lowest BCUT2D eigenvalue weighted by atomic mass is 10.2. The SMILES string of the molecule is CC(C)NCc1ccc(N)cc1. The van der Waals surface area contributed by atoms with E-state index in [0.29, 0.717) is 6.04 Å². The first-order valence-electron chi connectivity index (χ1n) is 4.26. The molecule has 1 aromatic carbocycles. The molecule has 2 heteroatoms. The number of benzene rings is 1. The molecule has 0 radical (unpaired) electrons. The molecule has 0 aliphatic heterocycles. The van der Waals surface area contributed by atoms with E-state index in [-0.39, 0.29) is 0 Å². The number of hydrogen-bond acceptors (Lipinski definition) is 2. The molecule has 0 atom stereocenters. The molecule has 0 aliphatic carbocycles. The molecule has 2 nitrogen and oxygen atoms in total. The van der Waals surface area contributed by atoms with Crippen LogP contribution in [0.1, 0.15) is 19.4 Å². The molecule has 66 valence electrons. The van der Waals surface area contributed by atoms with Gasteiger partial charge < -0.3 is 11.1 Å². The molecule has 0 unspecified atom stereocenters. The molecular formula is C10H16N2. The molecule has 1 aromatic rings. The zero-order valence-electron chi connectivity index (χ0n) is 7.67. The third-order valence-corrected chi connectivity index (χ3v) is 1.69. The number of rotatable bonds is 3. The Morgan fingerprint density at radius 2 is 1.83 bits per heavy atom. The largest absolute Gasteiger partial charge is 0.399 e. The van der Waals surface area contributed by atoms with Gasteiger partial charge in [-0.25, -0.2) is 0 Å². The molecule has 0 bridgehead atoms. The van der Waals surface area contributed by atoms with Crippen LogP contribution in [0.15, 0.2) is 24.3 Å². The second-order valence-electron chi connectivity index (χ2n) is 3.28. The summed E-state index contributed by atoms with van der Waals surface area (Å²) in [4.78, 5) is 0. The first-order valence-corrected chi connectivity index (χ1v) is 4.26. The molecule has 0 aromatic heterocycles. The fourth-order valence-corrected chi connectivity index (χ4v) is 0.957. The number of anilines is 1. The highest BCUT2D eigenvalue weighted by atomic mass is 14.9. The summed E-state index contributed by atoms with van der Waals surface area (Å²) in [5.41, 5.74) is 7.66. The Bertz CT molecular complexity index is 226. The fourth-order valence-electron chi connectivity index (χ4n) is 0.957. The van der Waals surface area contributed by atoms with Crippen molar-refractivity contribution >= 4 is 5.69 Å². The molecular weight excluding hydrogens is 148 g/mol. The van der Waals surface area contributed by atoms with Gasteiger partial charge in [-0.15, -0.1) is 0 Å². The second-order valence-corrected chi connectivity index (χ2v) is 3.28. The van der Waals surface area contributed by atoms with Gasteiger partial charge in [-0.3, -0.25) is 0 Å². The summed E-state index contributed by atoms with van der Waals surface area (Å²) in [6, 6.07) is 8.48. The van der Waals surface area contributed by atoms with E-state index in [9.17, 15) is 0 Å². The maximum atomic E-state index is 5.56. The number of nitrogens with two attached hydrogens (primary N) is 1. The Morgan fingerprint density at radius 1 is 1.25 bits per heavy atom. The van der Waals surface area contributed by atoms with Crippen molar-refractivity contribution < 1.29 is 0 Å². The van der Waals surface area contributed by atoms with E-state index in [4.69, 9.17) is 5.73 Å². The summed E-state index contributed by atoms with van der Waals surface area (Å²) in [5.74, 6) is 0. The van der Waals surface area contributed by atoms with Gasteiger partial charge in [-0.1, -0.05) is 26.0 Å². The molecule has 0 heterocycles. The Kier molecular flexibility index (Phi) is 3.11. The van der Waals surface area contributed by atoms with Crippen molar-refractivity contribution in [3.8, 4) is 0 Å². The lowest BCUT2D eigenvalue weighted by Crippen LogP contribution is -2.21. The Hall–Kier alpha value is -1.02. The average molecular weight is 164 g/mol. The highest BCUT2D eigenvalue weighted by molar-refractivity contribution is 5.39. The van der Waals surface area contributed by atoms with Crippen LogP contribution in [0, 0.1) is 0 Å². The zero-order chi connectivity index (χ0) is 8.97. The van der Waals surface area contributed by atoms with Crippen LogP contribution in [-0.2, 0) is 6.54 Å². The molecule has 0 amide bonds. The quantitative estimate of drug-likeness (QED) is 0.668. The van der Waals surface area contributed by atoms with Crippen molar-refractivity contribution in [1.82, 2.24) is 5.32 Å². The number of hydrogen-bond donors (Lipinski definition) is 2. The summed E-state index contributed by atoms with van der Waals surface area (Å²) in [5, 5.41) is 3.34. The van der Waals surface area contributed by atoms with Crippen LogP contribution in [0.3, 0.4) is 0 Å². The smallest absolute Gasteiger partial charge is 0.0314 e. The van der Waals surface area contributed by atoms with E-state index < -0.39 is 0 Å². The Labute approximate surface area is 73.8 Å². The zero-order valence-corrected chi connectivity index (χ0v) is 7.67. The lowest BCUT2D eigenvalue weighted by Gasteiger charge is -2.07. The monoisotopic (exact) mass is 164 g/mol. The van der Waals surface area contributed by atoms with Crippen LogP contribution in [0.4, 0.5) is 5.69 Å². The van der Waals surface area contributed by atoms with Crippen molar-refractivity contribution in [3.63, 3.8) is 0 Å². The van der Waals surface area contributed by atoms with Gasteiger partial charge >= 0.3 is 0 Å². The van der Waals surface area contributed by atoms with Gasteiger partial charge in [-0.2, -0.15) is 0 Å². The molecule has 0 aliphatic rings. The van der Waals surface area contributed by atoms with Crippen molar-refractivity contribution in [2.45, 2.75) is 26.4 Å². The molecule has 0 saturated carbocycles. The second kappa shape index (κ2) is 4.12. The fraction of sp³-hybridized carbons (Fsp3) is 0.400. The minimum Gasteiger partial charge on any atom is -0.399 e. The highest BCUT2D eigenvalue weighted by Crippen LogP contribution is 2.04. The molecule has 3 N–H and O–H groups in total. The summed E-state index contributed by atoms with van der Waals surface area (Å²) in [7, 11) is 0. The van der Waals surface area contributed by atoms with Gasteiger partial charge in [-0.05, 0) is 17.7 Å². The number of nitrogen functional groups attached to an aromatic ring is 1. The van der Waals surface area contributed by atoms with Crippen molar-refractivity contribution in [1.29, 1.82) is 0 Å². The first kappa shape index (κ1) is 9.07. The van der Waals surface area contributed by atoms with Gasteiger partial charge in [0.2, 0.25) is 0 Å². The molecule has 1 rings (SSSR count). The summed E-state index contributed by atoms with van der Waals surface area (Å²) in [6.07, 6.45) is 0. The van der Waals surface area contributed by atoms with E-state index in [2.05, 4.69) is 19.2 Å². The van der Waals surface area contributed by atoms with E-state index in [1.807, 2.05) is 24.3 Å². The van der Waals surface area contributed by atoms with Crippen LogP contribution in [0.2, 0.25) is 0 Å². The Balaban J connectivity index is 2.48. The molecule has 0 fully saturated rings. The molecule has 0 spiro atoms. The summed E-state index contributed by atoms with van der Waals surface area (Å²) < 4.78 is 0. The minimum atomic E-state index is 0.530. The maximum Gasteiger partial charge on any atom is 0.0314 e. The summed E-state index contributed by atoms with van der Waals surface area (Å²) >= 11 is 0. The maximum absolute atomic E-state index is 5.56. The Morgan fingerprint density at radius 3 is 2.33 bits per heavy atom. The predicted molar refractivity (Wildman–Crippen MR) is 52.8 cm³/mol.